The lowest BCUT2D eigenvalue weighted by atomic mass is 9.96. The maximum absolute atomic E-state index is 12.3. The minimum Gasteiger partial charge on any atom is -0.465 e. The van der Waals surface area contributed by atoms with Crippen LogP contribution in [-0.4, -0.2) is 49.4 Å². The number of nitrogens with one attached hydrogen (secondary N) is 1. The number of hydrogen-bond acceptors (Lipinski definition) is 5. The molecule has 5 heteroatoms. The molecule has 4 nitrogen and oxygen atoms in total. The quantitative estimate of drug-likeness (QED) is 0.690. The van der Waals surface area contributed by atoms with Gasteiger partial charge in [-0.25, -0.2) is 0 Å². The van der Waals surface area contributed by atoms with E-state index in [1.807, 2.05) is 25.7 Å². The maximum atomic E-state index is 12.3. The molecule has 0 amide bonds. The van der Waals surface area contributed by atoms with E-state index < -0.39 is 5.54 Å². The van der Waals surface area contributed by atoms with E-state index in [1.165, 1.54) is 6.42 Å². The Morgan fingerprint density at radius 1 is 1.47 bits per heavy atom. The number of esters is 1. The van der Waals surface area contributed by atoms with E-state index in [-0.39, 0.29) is 5.97 Å². The van der Waals surface area contributed by atoms with Crippen LogP contribution < -0.4 is 5.32 Å². The van der Waals surface area contributed by atoms with Crippen molar-refractivity contribution in [2.24, 2.45) is 5.92 Å². The Labute approximate surface area is 120 Å². The third-order valence-electron chi connectivity index (χ3n) is 4.02. The van der Waals surface area contributed by atoms with Crippen molar-refractivity contribution in [2.45, 2.75) is 44.2 Å². The van der Waals surface area contributed by atoms with Crippen LogP contribution in [0.25, 0.3) is 0 Å². The van der Waals surface area contributed by atoms with Crippen molar-refractivity contribution >= 4 is 17.7 Å². The van der Waals surface area contributed by atoms with E-state index in [2.05, 4.69) is 5.32 Å². The lowest BCUT2D eigenvalue weighted by Gasteiger charge is -2.31. The van der Waals surface area contributed by atoms with E-state index in [0.717, 1.165) is 37.4 Å². The van der Waals surface area contributed by atoms with Crippen LogP contribution in [0.5, 0.6) is 0 Å². The van der Waals surface area contributed by atoms with Crippen LogP contribution in [0.1, 0.15) is 32.6 Å². The van der Waals surface area contributed by atoms with E-state index in [1.54, 1.807) is 0 Å². The van der Waals surface area contributed by atoms with Crippen LogP contribution in [0.4, 0.5) is 0 Å². The predicted molar refractivity (Wildman–Crippen MR) is 77.4 cm³/mol. The van der Waals surface area contributed by atoms with Gasteiger partial charge in [-0.15, -0.1) is 0 Å². The molecule has 0 bridgehead atoms. The van der Waals surface area contributed by atoms with Gasteiger partial charge in [0.15, 0.2) is 0 Å². The van der Waals surface area contributed by atoms with Gasteiger partial charge in [-0.2, -0.15) is 11.8 Å². The summed E-state index contributed by atoms with van der Waals surface area (Å²) in [5.74, 6) is 2.12. The van der Waals surface area contributed by atoms with Crippen molar-refractivity contribution < 1.29 is 14.3 Å². The maximum Gasteiger partial charge on any atom is 0.327 e. The second kappa shape index (κ2) is 6.95. The zero-order valence-electron chi connectivity index (χ0n) is 11.9. The molecule has 1 saturated carbocycles. The molecular formula is C14H25NO3S. The lowest BCUT2D eigenvalue weighted by Crippen LogP contribution is -2.55. The number of thioether (sulfide) groups is 1. The third-order valence-corrected chi connectivity index (χ3v) is 5.28. The highest BCUT2D eigenvalue weighted by Gasteiger charge is 2.51. The molecule has 2 fully saturated rings. The van der Waals surface area contributed by atoms with Crippen LogP contribution in [0, 0.1) is 5.92 Å². The molecule has 0 aromatic heterocycles. The zero-order valence-corrected chi connectivity index (χ0v) is 12.8. The summed E-state index contributed by atoms with van der Waals surface area (Å²) < 4.78 is 10.9. The third kappa shape index (κ3) is 3.64. The first-order chi connectivity index (χ1) is 9.23. The summed E-state index contributed by atoms with van der Waals surface area (Å²) in [5, 5.41) is 3.25. The van der Waals surface area contributed by atoms with E-state index in [0.29, 0.717) is 18.6 Å². The molecule has 0 spiro atoms. The lowest BCUT2D eigenvalue weighted by molar-refractivity contribution is -0.151. The molecule has 2 aliphatic rings. The van der Waals surface area contributed by atoms with Gasteiger partial charge in [-0.1, -0.05) is 0 Å². The minimum absolute atomic E-state index is 0.0835. The van der Waals surface area contributed by atoms with Crippen molar-refractivity contribution in [3.8, 4) is 0 Å². The summed E-state index contributed by atoms with van der Waals surface area (Å²) in [5.41, 5.74) is -0.487. The summed E-state index contributed by atoms with van der Waals surface area (Å²) >= 11 is 1.82. The highest BCUT2D eigenvalue weighted by Crippen LogP contribution is 2.42. The van der Waals surface area contributed by atoms with Gasteiger partial charge in [0.1, 0.15) is 5.54 Å². The van der Waals surface area contributed by atoms with E-state index in [9.17, 15) is 4.79 Å². The Bertz CT molecular complexity index is 303. The average Bonchev–Trinajstić information content (AvgIpc) is 3.13. The molecule has 2 rings (SSSR count). The van der Waals surface area contributed by atoms with Crippen LogP contribution >= 0.6 is 11.8 Å². The first-order valence-electron chi connectivity index (χ1n) is 7.28. The van der Waals surface area contributed by atoms with Crippen LogP contribution in [0.2, 0.25) is 0 Å². The predicted octanol–water partition coefficient (Wildman–Crippen LogP) is 1.83. The van der Waals surface area contributed by atoms with Gasteiger partial charge in [0.05, 0.1) is 12.7 Å². The van der Waals surface area contributed by atoms with Crippen LogP contribution in [0.15, 0.2) is 0 Å². The Morgan fingerprint density at radius 2 is 2.26 bits per heavy atom. The summed E-state index contributed by atoms with van der Waals surface area (Å²) in [7, 11) is 1.88. The van der Waals surface area contributed by atoms with Gasteiger partial charge in [0.2, 0.25) is 0 Å². The Balaban J connectivity index is 1.87. The number of rotatable bonds is 8. The molecule has 110 valence electrons. The summed E-state index contributed by atoms with van der Waals surface area (Å²) in [6.07, 6.45) is 4.95. The second-order valence-corrected chi connectivity index (χ2v) is 6.40. The molecule has 0 radical (unpaired) electrons. The molecule has 19 heavy (non-hydrogen) atoms. The van der Waals surface area contributed by atoms with Gasteiger partial charge in [0.25, 0.3) is 0 Å². The topological polar surface area (TPSA) is 47.6 Å². The van der Waals surface area contributed by atoms with Crippen molar-refractivity contribution in [3.63, 3.8) is 0 Å². The molecule has 1 saturated heterocycles. The molecule has 2 unspecified atom stereocenters. The molecule has 1 N–H and O–H groups in total. The van der Waals surface area contributed by atoms with Gasteiger partial charge in [-0.3, -0.25) is 4.79 Å². The minimum atomic E-state index is -0.487. The average molecular weight is 287 g/mol. The zero-order chi connectivity index (χ0) is 13.7. The van der Waals surface area contributed by atoms with Gasteiger partial charge in [-0.05, 0) is 45.6 Å². The number of carbonyl (C=O) groups excluding carboxylic acids is 1. The van der Waals surface area contributed by atoms with Crippen molar-refractivity contribution in [1.29, 1.82) is 0 Å². The number of likely N-dealkylation sites (N-methyl/N-ethyl adjacent to an activating group) is 1. The largest absolute Gasteiger partial charge is 0.465 e. The molecule has 2 atom stereocenters. The molecule has 0 aromatic rings. The normalized spacial score (nSPS) is 26.1. The van der Waals surface area contributed by atoms with Gasteiger partial charge >= 0.3 is 5.97 Å². The summed E-state index contributed by atoms with van der Waals surface area (Å²) in [6.45, 7) is 3.21. The number of hydrogen-bond donors (Lipinski definition) is 1. The monoisotopic (exact) mass is 287 g/mol. The Morgan fingerprint density at radius 3 is 2.79 bits per heavy atom. The highest BCUT2D eigenvalue weighted by atomic mass is 32.2. The van der Waals surface area contributed by atoms with E-state index in [4.69, 9.17) is 9.47 Å². The van der Waals surface area contributed by atoms with Crippen molar-refractivity contribution in [2.75, 3.05) is 31.8 Å². The first-order valence-corrected chi connectivity index (χ1v) is 8.44. The molecule has 1 aliphatic heterocycles. The van der Waals surface area contributed by atoms with E-state index >= 15 is 0 Å². The van der Waals surface area contributed by atoms with Gasteiger partial charge < -0.3 is 14.8 Å². The summed E-state index contributed by atoms with van der Waals surface area (Å²) in [6, 6.07) is 0. The van der Waals surface area contributed by atoms with Gasteiger partial charge in [0, 0.05) is 18.1 Å². The fourth-order valence-electron chi connectivity index (χ4n) is 2.68. The van der Waals surface area contributed by atoms with Crippen molar-refractivity contribution in [1.82, 2.24) is 5.32 Å². The Hall–Kier alpha value is -0.260. The highest BCUT2D eigenvalue weighted by molar-refractivity contribution is 7.99. The number of carbonyl (C=O) groups is 1. The fraction of sp³-hybridized carbons (Fsp3) is 0.929. The SMILES string of the molecule is CCOC(=O)C(CSCC1CCCO1)(NC)C1CC1. The first kappa shape index (κ1) is 15.1. The molecule has 1 aliphatic carbocycles. The van der Waals surface area contributed by atoms with Crippen LogP contribution in [0.3, 0.4) is 0 Å². The molecular weight excluding hydrogens is 262 g/mol. The standard InChI is InChI=1S/C14H25NO3S/c1-3-17-13(16)14(15-2,11-6-7-11)10-19-9-12-5-4-8-18-12/h11-12,15H,3-10H2,1-2H3. The molecule has 0 aromatic carbocycles. The van der Waals surface area contributed by atoms with Crippen molar-refractivity contribution in [3.05, 3.63) is 0 Å². The summed E-state index contributed by atoms with van der Waals surface area (Å²) in [4.78, 5) is 12.3. The smallest absolute Gasteiger partial charge is 0.327 e. The van der Waals surface area contributed by atoms with Crippen LogP contribution in [-0.2, 0) is 14.3 Å². The molecule has 1 heterocycles. The Kier molecular flexibility index (Phi) is 5.54. The number of ether oxygens (including phenoxy) is 2. The second-order valence-electron chi connectivity index (χ2n) is 5.37. The fourth-order valence-corrected chi connectivity index (χ4v) is 4.15.